The number of halogens is 1. The summed E-state index contributed by atoms with van der Waals surface area (Å²) >= 11 is 0. The van der Waals surface area contributed by atoms with Crippen molar-refractivity contribution < 1.29 is 14.6 Å². The molecule has 1 atom stereocenters. The molecule has 1 heterocycles. The van der Waals surface area contributed by atoms with Gasteiger partial charge < -0.3 is 20.5 Å². The number of hydrogen-bond acceptors (Lipinski definition) is 3. The molecular weight excluding hydrogens is 259 g/mol. The Kier molecular flexibility index (Phi) is 3.75. The number of nitrogen functional groups attached to an aromatic ring is 1. The number of nitrogens with zero attached hydrogens (tertiary/aromatic N) is 1. The van der Waals surface area contributed by atoms with Crippen LogP contribution in [0.25, 0.3) is 10.9 Å². The minimum atomic E-state index is -1.09. The number of anilines is 1. The van der Waals surface area contributed by atoms with Gasteiger partial charge in [0, 0.05) is 18.0 Å². The van der Waals surface area contributed by atoms with Gasteiger partial charge >= 0.3 is 0 Å². The van der Waals surface area contributed by atoms with Gasteiger partial charge in [0.05, 0.1) is 28.6 Å². The van der Waals surface area contributed by atoms with Crippen molar-refractivity contribution in [3.8, 4) is 0 Å². The van der Waals surface area contributed by atoms with Gasteiger partial charge in [-0.15, -0.1) is 0 Å². The maximum Gasteiger partial charge on any atom is 0.148 e. The van der Waals surface area contributed by atoms with Crippen molar-refractivity contribution in [2.24, 2.45) is 0 Å². The molecule has 0 aliphatic rings. The molecule has 0 aliphatic carbocycles. The van der Waals surface area contributed by atoms with Crippen LogP contribution in [0.3, 0.4) is 0 Å². The van der Waals surface area contributed by atoms with Crippen LogP contribution in [-0.4, -0.2) is 20.9 Å². The number of hydrogen-bond donors (Lipinski definition) is 3. The van der Waals surface area contributed by atoms with Crippen molar-refractivity contribution in [1.82, 2.24) is 4.57 Å². The molecule has 0 saturated carbocycles. The predicted octanol–water partition coefficient (Wildman–Crippen LogP) is 2.36. The molecule has 1 aromatic carbocycles. The first-order valence-corrected chi connectivity index (χ1v) is 6.73. The highest BCUT2D eigenvalue weighted by atomic mass is 19.1. The fourth-order valence-electron chi connectivity index (χ4n) is 2.34. The number of aliphatic hydroxyl groups is 2. The van der Waals surface area contributed by atoms with E-state index in [1.807, 2.05) is 6.92 Å². The molecule has 2 aromatic rings. The van der Waals surface area contributed by atoms with Gasteiger partial charge in [-0.25, -0.2) is 4.39 Å². The average molecular weight is 280 g/mol. The maximum absolute atomic E-state index is 13.7. The van der Waals surface area contributed by atoms with E-state index in [1.54, 1.807) is 30.5 Å². The third-order valence-corrected chi connectivity index (χ3v) is 3.51. The summed E-state index contributed by atoms with van der Waals surface area (Å²) < 4.78 is 15.4. The number of aromatic nitrogens is 1. The quantitative estimate of drug-likeness (QED) is 0.753. The molecule has 0 radical (unpaired) electrons. The number of fused-ring (bicyclic) bond motifs is 1. The Labute approximate surface area is 117 Å². The monoisotopic (exact) mass is 280 g/mol. The lowest BCUT2D eigenvalue weighted by atomic mass is 10.1. The molecule has 0 amide bonds. The van der Waals surface area contributed by atoms with Crippen LogP contribution >= 0.6 is 0 Å². The van der Waals surface area contributed by atoms with Gasteiger partial charge in [0.25, 0.3) is 0 Å². The molecule has 0 spiro atoms. The molecule has 0 fully saturated rings. The lowest BCUT2D eigenvalue weighted by molar-refractivity contribution is 0.0659. The summed E-state index contributed by atoms with van der Waals surface area (Å²) in [6, 6.07) is 4.69. The van der Waals surface area contributed by atoms with E-state index in [2.05, 4.69) is 0 Å². The molecule has 2 rings (SSSR count). The number of nitrogens with two attached hydrogens (primary N) is 1. The highest BCUT2D eigenvalue weighted by Gasteiger charge is 2.24. The molecule has 0 saturated heterocycles. The Bertz CT molecular complexity index is 629. The molecule has 5 heteroatoms. The Morgan fingerprint density at radius 3 is 2.55 bits per heavy atom. The van der Waals surface area contributed by atoms with Gasteiger partial charge in [0.1, 0.15) is 5.82 Å². The Hall–Kier alpha value is -1.59. The molecule has 4 nitrogen and oxygen atoms in total. The third kappa shape index (κ3) is 2.64. The van der Waals surface area contributed by atoms with Crippen LogP contribution in [0.1, 0.15) is 32.9 Å². The van der Waals surface area contributed by atoms with Crippen LogP contribution in [0, 0.1) is 5.82 Å². The Balaban J connectivity index is 2.68. The second-order valence-electron chi connectivity index (χ2n) is 5.69. The van der Waals surface area contributed by atoms with E-state index in [4.69, 9.17) is 5.73 Å². The zero-order chi connectivity index (χ0) is 15.1. The molecule has 1 aromatic heterocycles. The summed E-state index contributed by atoms with van der Waals surface area (Å²) in [5.41, 5.74) is 5.83. The first-order chi connectivity index (χ1) is 9.24. The van der Waals surface area contributed by atoms with Crippen LogP contribution in [0.15, 0.2) is 18.2 Å². The Morgan fingerprint density at radius 1 is 1.35 bits per heavy atom. The normalized spacial score (nSPS) is 13.9. The minimum Gasteiger partial charge on any atom is -0.396 e. The van der Waals surface area contributed by atoms with E-state index in [0.29, 0.717) is 24.2 Å². The van der Waals surface area contributed by atoms with E-state index < -0.39 is 17.5 Å². The van der Waals surface area contributed by atoms with E-state index in [0.717, 1.165) is 5.39 Å². The largest absolute Gasteiger partial charge is 0.396 e. The van der Waals surface area contributed by atoms with E-state index in [1.165, 1.54) is 6.07 Å². The molecule has 4 N–H and O–H groups in total. The zero-order valence-electron chi connectivity index (χ0n) is 12.0. The molecule has 20 heavy (non-hydrogen) atoms. The van der Waals surface area contributed by atoms with Gasteiger partial charge in [0.2, 0.25) is 0 Å². The minimum absolute atomic E-state index is 0.0768. The van der Waals surface area contributed by atoms with Crippen LogP contribution in [0.2, 0.25) is 0 Å². The first kappa shape index (κ1) is 14.8. The molecule has 0 unspecified atom stereocenters. The highest BCUT2D eigenvalue weighted by Crippen LogP contribution is 2.30. The van der Waals surface area contributed by atoms with Crippen molar-refractivity contribution in [2.45, 2.75) is 45.4 Å². The van der Waals surface area contributed by atoms with Crippen LogP contribution in [0.5, 0.6) is 0 Å². The summed E-state index contributed by atoms with van der Waals surface area (Å²) in [5.74, 6) is -0.495. The zero-order valence-corrected chi connectivity index (χ0v) is 12.0. The van der Waals surface area contributed by atoms with Crippen LogP contribution in [-0.2, 0) is 12.1 Å². The average Bonchev–Trinajstić information content (AvgIpc) is 2.68. The predicted molar refractivity (Wildman–Crippen MR) is 77.9 cm³/mol. The summed E-state index contributed by atoms with van der Waals surface area (Å²) in [6.45, 7) is 5.51. The molecule has 0 bridgehead atoms. The summed E-state index contributed by atoms with van der Waals surface area (Å²) in [5, 5.41) is 20.9. The Morgan fingerprint density at radius 2 is 2.00 bits per heavy atom. The van der Waals surface area contributed by atoms with Crippen LogP contribution in [0.4, 0.5) is 10.1 Å². The second kappa shape index (κ2) is 5.07. The molecule has 0 aliphatic heterocycles. The highest BCUT2D eigenvalue weighted by molar-refractivity contribution is 5.85. The molecular formula is C15H21FN2O2. The first-order valence-electron chi connectivity index (χ1n) is 6.73. The summed E-state index contributed by atoms with van der Waals surface area (Å²) in [7, 11) is 0. The van der Waals surface area contributed by atoms with Crippen molar-refractivity contribution in [3.05, 3.63) is 29.7 Å². The number of aliphatic hydroxyl groups excluding tert-OH is 1. The van der Waals surface area contributed by atoms with Crippen molar-refractivity contribution >= 4 is 16.6 Å². The van der Waals surface area contributed by atoms with Crippen molar-refractivity contribution in [3.63, 3.8) is 0 Å². The van der Waals surface area contributed by atoms with Gasteiger partial charge in [-0.3, -0.25) is 0 Å². The fourth-order valence-corrected chi connectivity index (χ4v) is 2.34. The maximum atomic E-state index is 13.7. The number of rotatable bonds is 4. The number of benzene rings is 1. The SMILES string of the molecule is CC[C@H](O)Cn1c(C(C)(C)O)cc2cc(N)c(F)cc21. The topological polar surface area (TPSA) is 71.4 Å². The smallest absolute Gasteiger partial charge is 0.148 e. The summed E-state index contributed by atoms with van der Waals surface area (Å²) in [4.78, 5) is 0. The van der Waals surface area contributed by atoms with Gasteiger partial charge in [-0.1, -0.05) is 6.92 Å². The van der Waals surface area contributed by atoms with E-state index >= 15 is 0 Å². The molecule has 110 valence electrons. The van der Waals surface area contributed by atoms with Gasteiger partial charge in [0.15, 0.2) is 0 Å². The lowest BCUT2D eigenvalue weighted by Crippen LogP contribution is -2.24. The van der Waals surface area contributed by atoms with Crippen LogP contribution < -0.4 is 5.73 Å². The van der Waals surface area contributed by atoms with E-state index in [9.17, 15) is 14.6 Å². The van der Waals surface area contributed by atoms with Crippen molar-refractivity contribution in [1.29, 1.82) is 0 Å². The summed E-state index contributed by atoms with van der Waals surface area (Å²) in [6.07, 6.45) is 0.0370. The second-order valence-corrected chi connectivity index (χ2v) is 5.69. The standard InChI is InChI=1S/C15H21FN2O2/c1-4-10(19)8-18-13-7-11(16)12(17)5-9(13)6-14(18)15(2,3)20/h5-7,10,19-20H,4,8,17H2,1-3H3/t10-/m0/s1. The van der Waals surface area contributed by atoms with Gasteiger partial charge in [-0.05, 0) is 32.4 Å². The van der Waals surface area contributed by atoms with E-state index in [-0.39, 0.29) is 5.69 Å². The lowest BCUT2D eigenvalue weighted by Gasteiger charge is -2.22. The van der Waals surface area contributed by atoms with Gasteiger partial charge in [-0.2, -0.15) is 0 Å². The van der Waals surface area contributed by atoms with Crippen molar-refractivity contribution in [2.75, 3.05) is 5.73 Å². The fraction of sp³-hybridized carbons (Fsp3) is 0.467. The third-order valence-electron chi connectivity index (χ3n) is 3.51.